The monoisotopic (exact) mass is 516 g/mol. The molecule has 0 radical (unpaired) electrons. The first-order valence-electron chi connectivity index (χ1n) is 10.1. The second-order valence-corrected chi connectivity index (χ2v) is 8.35. The van der Waals surface area contributed by atoms with Crippen molar-refractivity contribution in [3.05, 3.63) is 95.0 Å². The second-order valence-electron chi connectivity index (χ2n) is 7.43. The molecule has 0 aliphatic rings. The third-order valence-electron chi connectivity index (χ3n) is 5.09. The van der Waals surface area contributed by atoms with Gasteiger partial charge >= 0.3 is 6.36 Å². The zero-order valence-electron chi connectivity index (χ0n) is 17.5. The minimum Gasteiger partial charge on any atom is -0.493 e. The molecule has 2 N–H and O–H groups in total. The molecule has 0 aliphatic heterocycles. The van der Waals surface area contributed by atoms with Crippen LogP contribution in [0, 0.1) is 0 Å². The molecule has 170 valence electrons. The maximum absolute atomic E-state index is 12.7. The molecule has 4 rings (SSSR count). The molecule has 8 heteroatoms. The number of anilines is 1. The van der Waals surface area contributed by atoms with Gasteiger partial charge in [-0.25, -0.2) is 0 Å². The topological polar surface area (TPSA) is 46.4 Å². The van der Waals surface area contributed by atoms with Crippen LogP contribution in [0.25, 0.3) is 16.9 Å². The average molecular weight is 517 g/mol. The third-order valence-corrected chi connectivity index (χ3v) is 5.62. The van der Waals surface area contributed by atoms with Crippen LogP contribution in [0.3, 0.4) is 0 Å². The van der Waals surface area contributed by atoms with Gasteiger partial charge in [0.05, 0.1) is 11.4 Å². The first-order valence-corrected chi connectivity index (χ1v) is 10.9. The molecule has 33 heavy (non-hydrogen) atoms. The molecular weight excluding hydrogens is 497 g/mol. The largest absolute Gasteiger partial charge is 0.573 e. The highest BCUT2D eigenvalue weighted by molar-refractivity contribution is 9.10. The zero-order chi connectivity index (χ0) is 23.6. The first-order chi connectivity index (χ1) is 15.7. The van der Waals surface area contributed by atoms with E-state index in [0.717, 1.165) is 10.0 Å². The molecule has 0 aliphatic carbocycles. The SMILES string of the molecule is C[C@@H](Nc1cc(-c2cccc(OC(F)(F)F)c2)n(-c2ccc(Br)cc2)c1O)c1ccccc1. The summed E-state index contributed by atoms with van der Waals surface area (Å²) in [5.74, 6) is -0.396. The minimum absolute atomic E-state index is 0.0581. The molecular formula is C25H20BrF3N2O2. The summed E-state index contributed by atoms with van der Waals surface area (Å²) in [7, 11) is 0. The fourth-order valence-corrected chi connectivity index (χ4v) is 3.85. The summed E-state index contributed by atoms with van der Waals surface area (Å²) in [6, 6.07) is 24.2. The van der Waals surface area contributed by atoms with Crippen molar-refractivity contribution in [1.82, 2.24) is 4.57 Å². The molecule has 0 spiro atoms. The lowest BCUT2D eigenvalue weighted by molar-refractivity contribution is -0.274. The van der Waals surface area contributed by atoms with Crippen LogP contribution >= 0.6 is 15.9 Å². The molecule has 4 nitrogen and oxygen atoms in total. The number of nitrogens with zero attached hydrogens (tertiary/aromatic N) is 1. The molecule has 0 bridgehead atoms. The second kappa shape index (κ2) is 9.23. The summed E-state index contributed by atoms with van der Waals surface area (Å²) in [6.07, 6.45) is -4.80. The molecule has 1 atom stereocenters. The number of hydrogen-bond donors (Lipinski definition) is 2. The standard InChI is InChI=1S/C25H20BrF3N2O2/c1-16(17-6-3-2-4-7-17)30-22-15-23(18-8-5-9-21(14-18)33-25(27,28)29)31(24(22)32)20-12-10-19(26)11-13-20/h2-16,30,32H,1H3/t16-/m1/s1. The molecule has 0 saturated carbocycles. The molecule has 4 aromatic rings. The van der Waals surface area contributed by atoms with E-state index < -0.39 is 6.36 Å². The quantitative estimate of drug-likeness (QED) is 0.276. The van der Waals surface area contributed by atoms with Crippen LogP contribution in [0.2, 0.25) is 0 Å². The van der Waals surface area contributed by atoms with E-state index in [1.807, 2.05) is 49.4 Å². The predicted molar refractivity (Wildman–Crippen MR) is 126 cm³/mol. The Morgan fingerprint density at radius 2 is 1.64 bits per heavy atom. The van der Waals surface area contributed by atoms with E-state index >= 15 is 0 Å². The van der Waals surface area contributed by atoms with Gasteiger partial charge in [-0.1, -0.05) is 58.4 Å². The molecule has 0 unspecified atom stereocenters. The Balaban J connectivity index is 1.79. The van der Waals surface area contributed by atoms with Gasteiger partial charge in [0.15, 0.2) is 0 Å². The molecule has 0 fully saturated rings. The van der Waals surface area contributed by atoms with Crippen molar-refractivity contribution >= 4 is 21.6 Å². The van der Waals surface area contributed by atoms with Crippen molar-refractivity contribution in [2.75, 3.05) is 5.32 Å². The van der Waals surface area contributed by atoms with Crippen LogP contribution < -0.4 is 10.1 Å². The summed E-state index contributed by atoms with van der Waals surface area (Å²) >= 11 is 3.39. The Morgan fingerprint density at radius 1 is 0.939 bits per heavy atom. The van der Waals surface area contributed by atoms with Gasteiger partial charge in [0.1, 0.15) is 5.75 Å². The molecule has 1 aromatic heterocycles. The molecule has 0 saturated heterocycles. The van der Waals surface area contributed by atoms with Crippen LogP contribution in [0.1, 0.15) is 18.5 Å². The van der Waals surface area contributed by atoms with Gasteiger partial charge in [0, 0.05) is 21.8 Å². The van der Waals surface area contributed by atoms with Crippen molar-refractivity contribution in [2.24, 2.45) is 0 Å². The fraction of sp³-hybridized carbons (Fsp3) is 0.120. The highest BCUT2D eigenvalue weighted by Gasteiger charge is 2.31. The van der Waals surface area contributed by atoms with Crippen molar-refractivity contribution in [2.45, 2.75) is 19.3 Å². The van der Waals surface area contributed by atoms with E-state index in [4.69, 9.17) is 0 Å². The first kappa shape index (κ1) is 22.8. The maximum atomic E-state index is 12.7. The Kier molecular flexibility index (Phi) is 6.37. The summed E-state index contributed by atoms with van der Waals surface area (Å²) in [4.78, 5) is 0. The normalized spacial score (nSPS) is 12.4. The lowest BCUT2D eigenvalue weighted by atomic mass is 10.1. The smallest absolute Gasteiger partial charge is 0.493 e. The lowest BCUT2D eigenvalue weighted by Gasteiger charge is -2.15. The Morgan fingerprint density at radius 3 is 2.30 bits per heavy atom. The van der Waals surface area contributed by atoms with Gasteiger partial charge in [-0.3, -0.25) is 4.57 Å². The van der Waals surface area contributed by atoms with Crippen molar-refractivity contribution in [3.8, 4) is 28.6 Å². The number of aromatic hydroxyl groups is 1. The Bertz CT molecular complexity index is 1240. The van der Waals surface area contributed by atoms with E-state index in [1.165, 1.54) is 18.2 Å². The van der Waals surface area contributed by atoms with Crippen molar-refractivity contribution < 1.29 is 23.0 Å². The van der Waals surface area contributed by atoms with Gasteiger partial charge in [-0.2, -0.15) is 0 Å². The van der Waals surface area contributed by atoms with Gasteiger partial charge in [-0.15, -0.1) is 13.2 Å². The van der Waals surface area contributed by atoms with E-state index in [2.05, 4.69) is 26.0 Å². The number of alkyl halides is 3. The number of ether oxygens (including phenoxy) is 1. The van der Waals surface area contributed by atoms with E-state index in [1.54, 1.807) is 28.8 Å². The van der Waals surface area contributed by atoms with Gasteiger partial charge in [0.25, 0.3) is 0 Å². The minimum atomic E-state index is -4.80. The number of nitrogens with one attached hydrogen (secondary N) is 1. The lowest BCUT2D eigenvalue weighted by Crippen LogP contribution is -2.17. The van der Waals surface area contributed by atoms with Crippen molar-refractivity contribution in [3.63, 3.8) is 0 Å². The third kappa shape index (κ3) is 5.34. The van der Waals surface area contributed by atoms with Crippen LogP contribution in [0.4, 0.5) is 18.9 Å². The number of aromatic nitrogens is 1. The Hall–Kier alpha value is -3.39. The van der Waals surface area contributed by atoms with E-state index in [-0.39, 0.29) is 17.7 Å². The summed E-state index contributed by atoms with van der Waals surface area (Å²) in [5, 5.41) is 14.4. The predicted octanol–water partition coefficient (Wildman–Crippen LogP) is 7.68. The molecule has 3 aromatic carbocycles. The van der Waals surface area contributed by atoms with Crippen LogP contribution in [-0.2, 0) is 0 Å². The number of rotatable bonds is 6. The summed E-state index contributed by atoms with van der Waals surface area (Å²) < 4.78 is 44.8. The van der Waals surface area contributed by atoms with Crippen LogP contribution in [0.15, 0.2) is 89.4 Å². The Labute approximate surface area is 197 Å². The van der Waals surface area contributed by atoms with Crippen LogP contribution in [-0.4, -0.2) is 16.0 Å². The number of hydrogen-bond acceptors (Lipinski definition) is 3. The highest BCUT2D eigenvalue weighted by Crippen LogP contribution is 2.40. The van der Waals surface area contributed by atoms with Gasteiger partial charge in [-0.05, 0) is 55.0 Å². The molecule has 1 heterocycles. The van der Waals surface area contributed by atoms with Crippen LogP contribution in [0.5, 0.6) is 11.6 Å². The van der Waals surface area contributed by atoms with Gasteiger partial charge in [0.2, 0.25) is 5.88 Å². The number of halogens is 4. The number of benzene rings is 3. The fourth-order valence-electron chi connectivity index (χ4n) is 3.58. The maximum Gasteiger partial charge on any atom is 0.573 e. The van der Waals surface area contributed by atoms with E-state index in [9.17, 15) is 18.3 Å². The highest BCUT2D eigenvalue weighted by atomic mass is 79.9. The zero-order valence-corrected chi connectivity index (χ0v) is 19.1. The summed E-state index contributed by atoms with van der Waals surface area (Å²) in [5.41, 5.74) is 3.08. The summed E-state index contributed by atoms with van der Waals surface area (Å²) in [6.45, 7) is 1.96. The van der Waals surface area contributed by atoms with Crippen molar-refractivity contribution in [1.29, 1.82) is 0 Å². The van der Waals surface area contributed by atoms with Gasteiger partial charge < -0.3 is 15.2 Å². The molecule has 0 amide bonds. The average Bonchev–Trinajstić information content (AvgIpc) is 3.10. The van der Waals surface area contributed by atoms with E-state index in [0.29, 0.717) is 22.6 Å².